The van der Waals surface area contributed by atoms with Gasteiger partial charge in [0.05, 0.1) is 33.4 Å². The third kappa shape index (κ3) is 9.89. The molecule has 1 aromatic heterocycles. The van der Waals surface area contributed by atoms with Crippen LogP contribution in [0.3, 0.4) is 0 Å². The van der Waals surface area contributed by atoms with Crippen molar-refractivity contribution >= 4 is 79.0 Å². The van der Waals surface area contributed by atoms with Crippen molar-refractivity contribution in [2.45, 2.75) is 105 Å². The quantitative estimate of drug-likeness (QED) is 0.141. The van der Waals surface area contributed by atoms with E-state index in [1.807, 2.05) is 6.07 Å². The Hall–Kier alpha value is -9.90. The standard InChI is InChI=1S/C88H80BN3/c1-85(2,3)62-45-47-66(73(55-62)88(10,11)12)61-44-49-78-75(50-61)89-74-48-46-65(90-76-40-27-25-38-67(76)68-39-26-28-41-77(68)90)56-81(74)92(84-71(59-34-21-15-22-35-59)53-64(87(7,8)9)54-72(84)60-36-23-16-24-37-60)80-43-29-42-79(82(80)89)91(78)83-69(57-30-17-13-18-31-57)51-63(86(4,5)6)52-70(83)58-32-19-14-20-33-58/h13-56H,1-12H3/i25D,26D,27D,28D,38D,39D,40D,41D. The van der Waals surface area contributed by atoms with E-state index >= 15 is 0 Å². The number of hydrogen-bond donors (Lipinski definition) is 0. The van der Waals surface area contributed by atoms with Crippen LogP contribution in [-0.4, -0.2) is 11.3 Å². The summed E-state index contributed by atoms with van der Waals surface area (Å²) in [6.07, 6.45) is 0. The van der Waals surface area contributed by atoms with Crippen molar-refractivity contribution in [3.63, 3.8) is 0 Å². The smallest absolute Gasteiger partial charge is 0.252 e. The molecule has 0 atom stereocenters. The van der Waals surface area contributed by atoms with Gasteiger partial charge in [-0.1, -0.05) is 283 Å². The first-order chi connectivity index (χ1) is 47.5. The van der Waals surface area contributed by atoms with Gasteiger partial charge in [-0.3, -0.25) is 0 Å². The van der Waals surface area contributed by atoms with Crippen LogP contribution >= 0.6 is 0 Å². The van der Waals surface area contributed by atoms with Gasteiger partial charge in [0.25, 0.3) is 6.71 Å². The van der Waals surface area contributed by atoms with E-state index < -0.39 is 30.9 Å². The zero-order valence-corrected chi connectivity index (χ0v) is 54.7. The minimum absolute atomic E-state index is 0.0207. The lowest BCUT2D eigenvalue weighted by molar-refractivity contribution is 0.570. The number of rotatable bonds is 8. The maximum Gasteiger partial charge on any atom is 0.252 e. The van der Waals surface area contributed by atoms with Crippen molar-refractivity contribution in [1.29, 1.82) is 0 Å². The summed E-state index contributed by atoms with van der Waals surface area (Å²) in [5.74, 6) is 0. The second-order valence-electron chi connectivity index (χ2n) is 29.2. The van der Waals surface area contributed by atoms with Crippen LogP contribution in [0.15, 0.2) is 267 Å². The zero-order chi connectivity index (χ0) is 70.5. The van der Waals surface area contributed by atoms with Crippen LogP contribution < -0.4 is 26.2 Å². The van der Waals surface area contributed by atoms with Crippen LogP contribution in [0.4, 0.5) is 34.1 Å². The predicted octanol–water partition coefficient (Wildman–Crippen LogP) is 22.4. The monoisotopic (exact) mass is 1200 g/mol. The summed E-state index contributed by atoms with van der Waals surface area (Å²) in [6, 6.07) is 76.0. The zero-order valence-electron chi connectivity index (χ0n) is 62.7. The SMILES string of the molecule is [2H]c1c([2H])c([2H])c2c(c1[2H])c1c([2H])c([2H])c([2H])c([2H])c1n2-c1ccc2c(c1)N(c1c(-c3ccccc3)cc(C(C)(C)C)cc1-c1ccccc1)c1cccc3c1B2c1cc(-c2ccc(C(C)(C)C)cc2C(C)(C)C)ccc1N3c1c(-c2ccccc2)cc(C(C)(C)C)cc1-c1ccccc1. The van der Waals surface area contributed by atoms with Gasteiger partial charge < -0.3 is 14.4 Å². The summed E-state index contributed by atoms with van der Waals surface area (Å²) in [4.78, 5) is 4.98. The second-order valence-corrected chi connectivity index (χ2v) is 29.2. The molecule has 0 saturated heterocycles. The average Bonchev–Trinajstić information content (AvgIpc) is 1.20. The highest BCUT2D eigenvalue weighted by Gasteiger charge is 2.46. The number of para-hydroxylation sites is 2. The number of benzene rings is 12. The topological polar surface area (TPSA) is 11.4 Å². The molecule has 0 aliphatic carbocycles. The van der Waals surface area contributed by atoms with Crippen molar-refractivity contribution < 1.29 is 11.0 Å². The van der Waals surface area contributed by atoms with Crippen LogP contribution in [0.25, 0.3) is 83.1 Å². The predicted molar refractivity (Wildman–Crippen MR) is 397 cm³/mol. The molecule has 0 unspecified atom stereocenters. The molecule has 450 valence electrons. The highest BCUT2D eigenvalue weighted by molar-refractivity contribution is 7.00. The molecule has 92 heavy (non-hydrogen) atoms. The molecule has 0 fully saturated rings. The van der Waals surface area contributed by atoms with E-state index in [0.717, 1.165) is 112 Å². The summed E-state index contributed by atoms with van der Waals surface area (Å²) in [7, 11) is 0. The van der Waals surface area contributed by atoms with Gasteiger partial charge in [-0.2, -0.15) is 0 Å². The Morgan fingerprint density at radius 3 is 1.18 bits per heavy atom. The lowest BCUT2D eigenvalue weighted by atomic mass is 9.33. The van der Waals surface area contributed by atoms with Crippen molar-refractivity contribution in [3.8, 4) is 61.3 Å². The fourth-order valence-electron chi connectivity index (χ4n) is 14.2. The minimum atomic E-state index is -0.491. The van der Waals surface area contributed by atoms with Crippen LogP contribution in [0.2, 0.25) is 0 Å². The Morgan fingerprint density at radius 1 is 0.315 bits per heavy atom. The third-order valence-electron chi connectivity index (χ3n) is 19.0. The summed E-state index contributed by atoms with van der Waals surface area (Å²) in [6.45, 7) is 26.9. The van der Waals surface area contributed by atoms with Gasteiger partial charge in [0, 0.05) is 61.5 Å². The lowest BCUT2D eigenvalue weighted by Gasteiger charge is -2.46. The maximum absolute atomic E-state index is 9.76. The van der Waals surface area contributed by atoms with Gasteiger partial charge in [-0.15, -0.1) is 0 Å². The van der Waals surface area contributed by atoms with Gasteiger partial charge >= 0.3 is 0 Å². The average molecular weight is 1200 g/mol. The van der Waals surface area contributed by atoms with Crippen molar-refractivity contribution in [2.75, 3.05) is 9.80 Å². The van der Waals surface area contributed by atoms with E-state index in [0.29, 0.717) is 5.69 Å². The molecule has 0 spiro atoms. The highest BCUT2D eigenvalue weighted by atomic mass is 15.2. The number of fused-ring (bicyclic) bond motifs is 7. The molecule has 0 radical (unpaired) electrons. The Balaban J connectivity index is 1.15. The summed E-state index contributed by atoms with van der Waals surface area (Å²) < 4.78 is 76.6. The fourth-order valence-corrected chi connectivity index (χ4v) is 14.2. The van der Waals surface area contributed by atoms with Crippen molar-refractivity contribution in [1.82, 2.24) is 4.57 Å². The van der Waals surface area contributed by atoms with Gasteiger partial charge in [-0.05, 0) is 160 Å². The van der Waals surface area contributed by atoms with Gasteiger partial charge in [0.15, 0.2) is 0 Å². The Kier molecular flexibility index (Phi) is 11.9. The number of aromatic nitrogens is 1. The summed E-state index contributed by atoms with van der Waals surface area (Å²) >= 11 is 0. The van der Waals surface area contributed by atoms with E-state index in [4.69, 9.17) is 2.74 Å². The van der Waals surface area contributed by atoms with Crippen LogP contribution in [-0.2, 0) is 21.7 Å². The molecule has 3 nitrogen and oxygen atoms in total. The molecule has 13 aromatic rings. The van der Waals surface area contributed by atoms with E-state index in [-0.39, 0.29) is 67.6 Å². The maximum atomic E-state index is 9.76. The molecule has 4 heteroatoms. The molecule has 2 aliphatic rings. The summed E-state index contributed by atoms with van der Waals surface area (Å²) in [5.41, 5.74) is 23.8. The van der Waals surface area contributed by atoms with E-state index in [9.17, 15) is 8.22 Å². The largest absolute Gasteiger partial charge is 0.310 e. The Bertz CT molecular complexity index is 5310. The van der Waals surface area contributed by atoms with Crippen LogP contribution in [0.1, 0.15) is 116 Å². The lowest BCUT2D eigenvalue weighted by Crippen LogP contribution is -2.61. The molecule has 15 rings (SSSR count). The molecule has 12 aromatic carbocycles. The third-order valence-corrected chi connectivity index (χ3v) is 19.0. The van der Waals surface area contributed by atoms with E-state index in [1.54, 1.807) is 4.57 Å². The van der Waals surface area contributed by atoms with E-state index in [2.05, 4.69) is 305 Å². The van der Waals surface area contributed by atoms with Crippen LogP contribution in [0.5, 0.6) is 0 Å². The minimum Gasteiger partial charge on any atom is -0.310 e. The molecule has 0 bridgehead atoms. The number of hydrogen-bond acceptors (Lipinski definition) is 2. The van der Waals surface area contributed by atoms with Gasteiger partial charge in [0.1, 0.15) is 0 Å². The normalized spacial score (nSPS) is 14.4. The molecule has 0 saturated carbocycles. The molecular formula is C88H80BN3. The van der Waals surface area contributed by atoms with Gasteiger partial charge in [0.2, 0.25) is 0 Å². The number of anilines is 6. The first kappa shape index (κ1) is 49.8. The fraction of sp³-hybridized carbons (Fsp3) is 0.182. The first-order valence-electron chi connectivity index (χ1n) is 36.3. The molecule has 0 N–H and O–H groups in total. The molecule has 2 aliphatic heterocycles. The van der Waals surface area contributed by atoms with Gasteiger partial charge in [-0.25, -0.2) is 0 Å². The van der Waals surface area contributed by atoms with E-state index in [1.165, 1.54) is 16.7 Å². The first-order valence-corrected chi connectivity index (χ1v) is 32.3. The van der Waals surface area contributed by atoms with Crippen LogP contribution in [0, 0.1) is 0 Å². The Morgan fingerprint density at radius 2 is 0.750 bits per heavy atom. The molecule has 3 heterocycles. The summed E-state index contributed by atoms with van der Waals surface area (Å²) in [5, 5.41) is 0.0413. The molecule has 0 amide bonds. The highest BCUT2D eigenvalue weighted by Crippen LogP contribution is 2.55. The Labute approximate surface area is 556 Å². The van der Waals surface area contributed by atoms with Crippen molar-refractivity contribution in [2.24, 2.45) is 0 Å². The van der Waals surface area contributed by atoms with Crippen molar-refractivity contribution in [3.05, 3.63) is 289 Å². The number of nitrogens with zero attached hydrogens (tertiary/aromatic N) is 3. The molecular weight excluding hydrogens is 1110 g/mol. The second kappa shape index (κ2) is 21.9.